The van der Waals surface area contributed by atoms with E-state index in [9.17, 15) is 0 Å². The zero-order valence-electron chi connectivity index (χ0n) is 12.2. The molecule has 3 rings (SSSR count). The number of aromatic nitrogens is 2. The van der Waals surface area contributed by atoms with Crippen LogP contribution in [0.1, 0.15) is 56.8 Å². The van der Waals surface area contributed by atoms with Gasteiger partial charge in [0.25, 0.3) is 0 Å². The fourth-order valence-electron chi connectivity index (χ4n) is 3.09. The molecule has 4 nitrogen and oxygen atoms in total. The third-order valence-corrected chi connectivity index (χ3v) is 4.46. The molecule has 1 aromatic heterocycles. The molecule has 1 unspecified atom stereocenters. The molecule has 1 saturated heterocycles. The van der Waals surface area contributed by atoms with Crippen molar-refractivity contribution in [3.05, 3.63) is 11.4 Å². The Morgan fingerprint density at radius 3 is 2.58 bits per heavy atom. The SMILES string of the molecule is Cc1c(N)nc(C2CC2)nc1N1CCCC1C(C)C. The van der Waals surface area contributed by atoms with Gasteiger partial charge in [-0.15, -0.1) is 0 Å². The lowest BCUT2D eigenvalue weighted by Gasteiger charge is -2.30. The van der Waals surface area contributed by atoms with E-state index in [1.165, 1.54) is 25.7 Å². The van der Waals surface area contributed by atoms with Crippen molar-refractivity contribution in [1.82, 2.24) is 9.97 Å². The van der Waals surface area contributed by atoms with E-state index in [1.807, 2.05) is 0 Å². The molecule has 0 aromatic carbocycles. The van der Waals surface area contributed by atoms with Crippen molar-refractivity contribution in [2.45, 2.75) is 58.4 Å². The zero-order valence-corrected chi connectivity index (χ0v) is 12.2. The number of hydrogen-bond donors (Lipinski definition) is 1. The van der Waals surface area contributed by atoms with Gasteiger partial charge in [-0.1, -0.05) is 13.8 Å². The molecule has 1 aliphatic carbocycles. The van der Waals surface area contributed by atoms with Crippen molar-refractivity contribution in [3.63, 3.8) is 0 Å². The Balaban J connectivity index is 1.98. The molecule has 2 N–H and O–H groups in total. The van der Waals surface area contributed by atoms with E-state index in [4.69, 9.17) is 10.7 Å². The van der Waals surface area contributed by atoms with Gasteiger partial charge >= 0.3 is 0 Å². The van der Waals surface area contributed by atoms with Crippen molar-refractivity contribution in [1.29, 1.82) is 0 Å². The number of nitrogen functional groups attached to an aromatic ring is 1. The highest BCUT2D eigenvalue weighted by Crippen LogP contribution is 2.40. The zero-order chi connectivity index (χ0) is 13.6. The van der Waals surface area contributed by atoms with Gasteiger partial charge in [0.1, 0.15) is 17.5 Å². The third-order valence-electron chi connectivity index (χ3n) is 4.46. The summed E-state index contributed by atoms with van der Waals surface area (Å²) >= 11 is 0. The summed E-state index contributed by atoms with van der Waals surface area (Å²) in [5.74, 6) is 3.93. The molecule has 19 heavy (non-hydrogen) atoms. The van der Waals surface area contributed by atoms with Crippen LogP contribution in [0.15, 0.2) is 0 Å². The van der Waals surface area contributed by atoms with E-state index in [0.717, 1.165) is 23.8 Å². The summed E-state index contributed by atoms with van der Waals surface area (Å²) in [5, 5.41) is 0. The van der Waals surface area contributed by atoms with Crippen molar-refractivity contribution in [2.75, 3.05) is 17.2 Å². The first-order valence-electron chi connectivity index (χ1n) is 7.48. The van der Waals surface area contributed by atoms with Crippen LogP contribution in [0.4, 0.5) is 11.6 Å². The summed E-state index contributed by atoms with van der Waals surface area (Å²) in [5.41, 5.74) is 7.15. The first-order chi connectivity index (χ1) is 9.08. The summed E-state index contributed by atoms with van der Waals surface area (Å²) in [4.78, 5) is 11.8. The molecule has 1 aliphatic heterocycles. The van der Waals surface area contributed by atoms with Crippen LogP contribution in [0.25, 0.3) is 0 Å². The molecular formula is C15H24N4. The molecule has 1 atom stereocenters. The first-order valence-corrected chi connectivity index (χ1v) is 7.48. The second-order valence-corrected chi connectivity index (χ2v) is 6.34. The van der Waals surface area contributed by atoms with Gasteiger partial charge in [-0.2, -0.15) is 0 Å². The van der Waals surface area contributed by atoms with E-state index in [1.54, 1.807) is 0 Å². The van der Waals surface area contributed by atoms with Gasteiger partial charge in [0.2, 0.25) is 0 Å². The Bertz CT molecular complexity index is 479. The van der Waals surface area contributed by atoms with E-state index >= 15 is 0 Å². The molecule has 0 spiro atoms. The number of rotatable bonds is 3. The average Bonchev–Trinajstić information content (AvgIpc) is 3.09. The molecule has 0 amide bonds. The van der Waals surface area contributed by atoms with Gasteiger partial charge in [-0.25, -0.2) is 9.97 Å². The minimum atomic E-state index is 0.557. The van der Waals surface area contributed by atoms with Crippen LogP contribution in [0.3, 0.4) is 0 Å². The van der Waals surface area contributed by atoms with Crippen LogP contribution in [0, 0.1) is 12.8 Å². The van der Waals surface area contributed by atoms with Crippen molar-refractivity contribution >= 4 is 11.6 Å². The second kappa shape index (κ2) is 4.66. The lowest BCUT2D eigenvalue weighted by atomic mass is 10.0. The van der Waals surface area contributed by atoms with Crippen LogP contribution >= 0.6 is 0 Å². The molecule has 2 heterocycles. The van der Waals surface area contributed by atoms with Gasteiger partial charge < -0.3 is 10.6 Å². The summed E-state index contributed by atoms with van der Waals surface area (Å²) in [6, 6.07) is 0.597. The summed E-state index contributed by atoms with van der Waals surface area (Å²) in [7, 11) is 0. The Morgan fingerprint density at radius 1 is 1.21 bits per heavy atom. The van der Waals surface area contributed by atoms with Crippen molar-refractivity contribution in [3.8, 4) is 0 Å². The molecule has 1 aromatic rings. The highest BCUT2D eigenvalue weighted by molar-refractivity contribution is 5.58. The van der Waals surface area contributed by atoms with Crippen molar-refractivity contribution < 1.29 is 0 Å². The standard InChI is InChI=1S/C15H24N4/c1-9(2)12-5-4-8-19(12)15-10(3)13(16)17-14(18-15)11-6-7-11/h9,11-12H,4-8H2,1-3H3,(H2,16,17,18). The Hall–Kier alpha value is -1.32. The molecule has 1 saturated carbocycles. The van der Waals surface area contributed by atoms with Crippen molar-refractivity contribution in [2.24, 2.45) is 5.92 Å². The maximum atomic E-state index is 6.10. The summed E-state index contributed by atoms with van der Waals surface area (Å²) in [6.07, 6.45) is 4.95. The second-order valence-electron chi connectivity index (χ2n) is 6.34. The Kier molecular flexibility index (Phi) is 3.11. The monoisotopic (exact) mass is 260 g/mol. The van der Waals surface area contributed by atoms with Gasteiger partial charge in [0, 0.05) is 24.1 Å². The summed E-state index contributed by atoms with van der Waals surface area (Å²) < 4.78 is 0. The van der Waals surface area contributed by atoms with Crippen LogP contribution in [-0.2, 0) is 0 Å². The Labute approximate surface area is 115 Å². The highest BCUT2D eigenvalue weighted by atomic mass is 15.2. The number of anilines is 2. The largest absolute Gasteiger partial charge is 0.383 e. The molecule has 104 valence electrons. The predicted molar refractivity (Wildman–Crippen MR) is 78.4 cm³/mol. The van der Waals surface area contributed by atoms with Crippen LogP contribution in [-0.4, -0.2) is 22.6 Å². The molecule has 2 fully saturated rings. The average molecular weight is 260 g/mol. The minimum absolute atomic E-state index is 0.557. The van der Waals surface area contributed by atoms with E-state index in [-0.39, 0.29) is 0 Å². The normalized spacial score (nSPS) is 23.4. The number of hydrogen-bond acceptors (Lipinski definition) is 4. The predicted octanol–water partition coefficient (Wildman–Crippen LogP) is 2.87. The maximum absolute atomic E-state index is 6.10. The van der Waals surface area contributed by atoms with Crippen LogP contribution in [0.5, 0.6) is 0 Å². The highest BCUT2D eigenvalue weighted by Gasteiger charge is 2.32. The summed E-state index contributed by atoms with van der Waals surface area (Å²) in [6.45, 7) is 7.75. The van der Waals surface area contributed by atoms with Gasteiger partial charge in [0.15, 0.2) is 0 Å². The third kappa shape index (κ3) is 2.28. The van der Waals surface area contributed by atoms with Crippen LogP contribution < -0.4 is 10.6 Å². The van der Waals surface area contributed by atoms with Gasteiger partial charge in [-0.05, 0) is 38.5 Å². The Morgan fingerprint density at radius 2 is 1.95 bits per heavy atom. The molecule has 0 bridgehead atoms. The molecule has 2 aliphatic rings. The van der Waals surface area contributed by atoms with Crippen LogP contribution in [0.2, 0.25) is 0 Å². The quantitative estimate of drug-likeness (QED) is 0.908. The lowest BCUT2D eigenvalue weighted by Crippen LogP contribution is -2.35. The fraction of sp³-hybridized carbons (Fsp3) is 0.733. The molecule has 4 heteroatoms. The molecule has 0 radical (unpaired) electrons. The van der Waals surface area contributed by atoms with Gasteiger partial charge in [-0.3, -0.25) is 0 Å². The lowest BCUT2D eigenvalue weighted by molar-refractivity contribution is 0.488. The smallest absolute Gasteiger partial charge is 0.137 e. The van der Waals surface area contributed by atoms with E-state index in [0.29, 0.717) is 23.7 Å². The number of nitrogens with two attached hydrogens (primary N) is 1. The minimum Gasteiger partial charge on any atom is -0.383 e. The van der Waals surface area contributed by atoms with Gasteiger partial charge in [0.05, 0.1) is 0 Å². The maximum Gasteiger partial charge on any atom is 0.137 e. The first kappa shape index (κ1) is 12.7. The van der Waals surface area contributed by atoms with E-state index in [2.05, 4.69) is 30.7 Å². The fourth-order valence-corrected chi connectivity index (χ4v) is 3.09. The van der Waals surface area contributed by atoms with E-state index < -0.39 is 0 Å². The topological polar surface area (TPSA) is 55.0 Å². The molecular weight excluding hydrogens is 236 g/mol. The number of nitrogens with zero attached hydrogens (tertiary/aromatic N) is 3.